The molecule has 118 valence electrons. The molecule has 0 saturated carbocycles. The van der Waals surface area contributed by atoms with E-state index in [0.29, 0.717) is 19.2 Å². The van der Waals surface area contributed by atoms with Gasteiger partial charge in [0.15, 0.2) is 0 Å². The van der Waals surface area contributed by atoms with Gasteiger partial charge in [-0.15, -0.1) is 0 Å². The average Bonchev–Trinajstić information content (AvgIpc) is 2.38. The minimum Gasteiger partial charge on any atom is -0.335 e. The third-order valence-corrected chi connectivity index (χ3v) is 5.68. The van der Waals surface area contributed by atoms with E-state index < -0.39 is 26.8 Å². The molecule has 0 bridgehead atoms. The number of benzene rings is 1. The molecule has 0 aliphatic carbocycles. The summed E-state index contributed by atoms with van der Waals surface area (Å²) in [6.07, 6.45) is -4.69. The Balaban J connectivity index is 2.37. The van der Waals surface area contributed by atoms with Gasteiger partial charge in [0.2, 0.25) is 10.0 Å². The number of rotatable bonds is 2. The molecule has 0 amide bonds. The second-order valence-electron chi connectivity index (χ2n) is 5.00. The maximum absolute atomic E-state index is 12.8. The summed E-state index contributed by atoms with van der Waals surface area (Å²) in [5.74, 6) is 0. The molecular weight excluding hydrogens is 329 g/mol. The summed E-state index contributed by atoms with van der Waals surface area (Å²) in [6.45, 7) is 1.83. The van der Waals surface area contributed by atoms with Gasteiger partial charge in [-0.25, -0.2) is 8.42 Å². The number of nitrogens with one attached hydrogen (secondary N) is 1. The van der Waals surface area contributed by atoms with Crippen molar-refractivity contribution in [2.24, 2.45) is 0 Å². The molecule has 1 aliphatic heterocycles. The maximum Gasteiger partial charge on any atom is 0.417 e. The highest BCUT2D eigenvalue weighted by Gasteiger charge is 2.36. The lowest BCUT2D eigenvalue weighted by Gasteiger charge is -2.29. The fourth-order valence-corrected chi connectivity index (χ4v) is 3.83. The zero-order valence-electron chi connectivity index (χ0n) is 11.2. The molecule has 0 aromatic heterocycles. The largest absolute Gasteiger partial charge is 0.417 e. The van der Waals surface area contributed by atoms with Crippen molar-refractivity contribution in [3.05, 3.63) is 28.8 Å². The summed E-state index contributed by atoms with van der Waals surface area (Å²) in [6, 6.07) is 2.68. The number of sulfonamides is 1. The molecule has 4 nitrogen and oxygen atoms in total. The van der Waals surface area contributed by atoms with Crippen LogP contribution in [0.15, 0.2) is 23.1 Å². The van der Waals surface area contributed by atoms with Crippen LogP contribution in [0.25, 0.3) is 0 Å². The Morgan fingerprint density at radius 2 is 1.81 bits per heavy atom. The van der Waals surface area contributed by atoms with Crippen LogP contribution in [0.5, 0.6) is 0 Å². The van der Waals surface area contributed by atoms with E-state index in [1.165, 1.54) is 9.21 Å². The molecule has 2 rings (SSSR count). The molecule has 0 radical (unpaired) electrons. The van der Waals surface area contributed by atoms with Gasteiger partial charge in [0.05, 0.1) is 48.7 Å². The quantitative estimate of drug-likeness (QED) is 0.866. The number of piperazine rings is 1. The molecule has 9 heteroatoms. The first-order valence-corrected chi connectivity index (χ1v) is 8.12. The van der Waals surface area contributed by atoms with E-state index in [9.17, 15) is 21.6 Å². The first kappa shape index (κ1) is 16.5. The molecule has 1 saturated heterocycles. The van der Waals surface area contributed by atoms with E-state index >= 15 is 0 Å². The molecule has 1 aliphatic rings. The van der Waals surface area contributed by atoms with Crippen molar-refractivity contribution >= 4 is 21.6 Å². The molecular formula is C12H15ClF3N2O2S+. The number of likely N-dealkylation sites (N-methyl/N-ethyl adjacent to an activating group) is 1. The topological polar surface area (TPSA) is 41.8 Å². The van der Waals surface area contributed by atoms with Crippen LogP contribution in [0, 0.1) is 0 Å². The Kier molecular flexibility index (Phi) is 4.53. The smallest absolute Gasteiger partial charge is 0.335 e. The Labute approximate surface area is 126 Å². The van der Waals surface area contributed by atoms with Gasteiger partial charge < -0.3 is 4.90 Å². The van der Waals surface area contributed by atoms with Crippen LogP contribution in [0.4, 0.5) is 13.2 Å². The third kappa shape index (κ3) is 3.50. The molecule has 1 aromatic rings. The summed E-state index contributed by atoms with van der Waals surface area (Å²) in [4.78, 5) is 0.812. The van der Waals surface area contributed by atoms with Crippen molar-refractivity contribution in [1.29, 1.82) is 0 Å². The second kappa shape index (κ2) is 5.75. The van der Waals surface area contributed by atoms with Crippen LogP contribution >= 0.6 is 11.6 Å². The van der Waals surface area contributed by atoms with E-state index in [2.05, 4.69) is 0 Å². The number of alkyl halides is 3. The highest BCUT2D eigenvalue weighted by atomic mass is 35.5. The van der Waals surface area contributed by atoms with E-state index in [4.69, 9.17) is 11.6 Å². The minimum absolute atomic E-state index is 0.290. The van der Waals surface area contributed by atoms with Gasteiger partial charge in [0, 0.05) is 0 Å². The van der Waals surface area contributed by atoms with Crippen molar-refractivity contribution in [3.8, 4) is 0 Å². The monoisotopic (exact) mass is 343 g/mol. The highest BCUT2D eigenvalue weighted by Crippen LogP contribution is 2.36. The first-order chi connectivity index (χ1) is 9.62. The molecule has 0 spiro atoms. The lowest BCUT2D eigenvalue weighted by molar-refractivity contribution is -0.883. The van der Waals surface area contributed by atoms with Gasteiger partial charge in [-0.2, -0.15) is 17.5 Å². The zero-order chi connectivity index (χ0) is 15.8. The van der Waals surface area contributed by atoms with Crippen molar-refractivity contribution in [2.45, 2.75) is 11.1 Å². The number of hydrogen-bond donors (Lipinski definition) is 1. The van der Waals surface area contributed by atoms with Crippen LogP contribution in [0.2, 0.25) is 5.02 Å². The van der Waals surface area contributed by atoms with E-state index in [-0.39, 0.29) is 18.0 Å². The van der Waals surface area contributed by atoms with Gasteiger partial charge in [0.1, 0.15) is 0 Å². The predicted octanol–water partition coefficient (Wildman–Crippen LogP) is 0.878. The van der Waals surface area contributed by atoms with Gasteiger partial charge >= 0.3 is 6.18 Å². The number of hydrogen-bond acceptors (Lipinski definition) is 2. The van der Waals surface area contributed by atoms with Gasteiger partial charge in [-0.3, -0.25) is 0 Å². The van der Waals surface area contributed by atoms with Crippen molar-refractivity contribution in [2.75, 3.05) is 33.2 Å². The van der Waals surface area contributed by atoms with E-state index in [1.807, 2.05) is 7.05 Å². The maximum atomic E-state index is 12.8. The number of quaternary nitrogens is 1. The summed E-state index contributed by atoms with van der Waals surface area (Å²) >= 11 is 5.50. The SMILES string of the molecule is C[NH+]1CCN(S(=O)(=O)c2ccc(Cl)c(C(F)(F)F)c2)CC1. The van der Waals surface area contributed by atoms with Gasteiger partial charge in [-0.05, 0) is 18.2 Å². The van der Waals surface area contributed by atoms with Crippen molar-refractivity contribution in [1.82, 2.24) is 4.31 Å². The summed E-state index contributed by atoms with van der Waals surface area (Å²) in [7, 11) is -1.99. The third-order valence-electron chi connectivity index (χ3n) is 3.46. The fourth-order valence-electron chi connectivity index (χ4n) is 2.14. The normalized spacial score (nSPS) is 18.9. The van der Waals surface area contributed by atoms with E-state index in [0.717, 1.165) is 12.1 Å². The van der Waals surface area contributed by atoms with Gasteiger partial charge in [-0.1, -0.05) is 11.6 Å². The average molecular weight is 344 g/mol. The molecule has 1 fully saturated rings. The highest BCUT2D eigenvalue weighted by molar-refractivity contribution is 7.89. The molecule has 21 heavy (non-hydrogen) atoms. The molecule has 1 aromatic carbocycles. The molecule has 1 heterocycles. The second-order valence-corrected chi connectivity index (χ2v) is 7.35. The lowest BCUT2D eigenvalue weighted by Crippen LogP contribution is -3.12. The summed E-state index contributed by atoms with van der Waals surface area (Å²) < 4.78 is 64.4. The van der Waals surface area contributed by atoms with Crippen LogP contribution in [-0.4, -0.2) is 45.9 Å². The first-order valence-electron chi connectivity index (χ1n) is 6.30. The Bertz CT molecular complexity index is 626. The van der Waals surface area contributed by atoms with Gasteiger partial charge in [0.25, 0.3) is 0 Å². The Morgan fingerprint density at radius 3 is 2.33 bits per heavy atom. The minimum atomic E-state index is -4.69. The standard InChI is InChI=1S/C12H14ClF3N2O2S/c1-17-4-6-18(7-5-17)21(19,20)9-2-3-11(13)10(8-9)12(14,15)16/h2-3,8H,4-7H2,1H3/p+1. The van der Waals surface area contributed by atoms with Crippen molar-refractivity contribution < 1.29 is 26.5 Å². The molecule has 0 atom stereocenters. The number of nitrogens with zero attached hydrogens (tertiary/aromatic N) is 1. The Hall–Kier alpha value is -0.830. The predicted molar refractivity (Wildman–Crippen MR) is 71.8 cm³/mol. The lowest BCUT2D eigenvalue weighted by atomic mass is 10.2. The van der Waals surface area contributed by atoms with Crippen LogP contribution in [0.1, 0.15) is 5.56 Å². The molecule has 0 unspecified atom stereocenters. The number of halogens is 4. The zero-order valence-corrected chi connectivity index (χ0v) is 12.8. The summed E-state index contributed by atoms with van der Waals surface area (Å²) in [5.41, 5.74) is -1.13. The van der Waals surface area contributed by atoms with E-state index in [1.54, 1.807) is 0 Å². The Morgan fingerprint density at radius 1 is 1.24 bits per heavy atom. The molecule has 1 N–H and O–H groups in total. The fraction of sp³-hybridized carbons (Fsp3) is 0.500. The van der Waals surface area contributed by atoms with Crippen LogP contribution < -0.4 is 4.90 Å². The van der Waals surface area contributed by atoms with Crippen molar-refractivity contribution in [3.63, 3.8) is 0 Å². The van der Waals surface area contributed by atoms with Crippen LogP contribution in [-0.2, 0) is 16.2 Å². The summed E-state index contributed by atoms with van der Waals surface area (Å²) in [5, 5.41) is -0.510. The van der Waals surface area contributed by atoms with Crippen LogP contribution in [0.3, 0.4) is 0 Å².